The summed E-state index contributed by atoms with van der Waals surface area (Å²) in [4.78, 5) is 25.1. The number of ether oxygens (including phenoxy) is 2. The molecule has 7 nitrogen and oxygen atoms in total. The number of aryl methyl sites for hydroxylation is 1. The van der Waals surface area contributed by atoms with Crippen molar-refractivity contribution in [2.24, 2.45) is 11.0 Å². The molecule has 3 rings (SSSR count). The largest absolute Gasteiger partial charge is 0.489 e. The molecular formula is C29H32FN3O4. The standard InChI is InChI=1S/C29H32FN3O4/c1-20(2)16-26(32-28(34)19-37-27-7-5-4-6-21(27)3)29(35)33-31-17-22-10-14-25(15-11-22)36-18-23-8-12-24(30)13-9-23/h4-15,17,20,26H,16,18-19H2,1-3H3,(H,32,34)(H,33,35)/b31-17-/t26-/m0/s1. The third kappa shape index (κ3) is 9.40. The average Bonchev–Trinajstić information content (AvgIpc) is 2.88. The molecule has 0 aliphatic heterocycles. The van der Waals surface area contributed by atoms with Gasteiger partial charge in [0.15, 0.2) is 6.61 Å². The highest BCUT2D eigenvalue weighted by Gasteiger charge is 2.22. The Kier molecular flexibility index (Phi) is 10.2. The van der Waals surface area contributed by atoms with Gasteiger partial charge in [-0.15, -0.1) is 0 Å². The second-order valence-corrected chi connectivity index (χ2v) is 9.02. The lowest BCUT2D eigenvalue weighted by molar-refractivity contribution is -0.130. The fourth-order valence-electron chi connectivity index (χ4n) is 3.45. The van der Waals surface area contributed by atoms with Gasteiger partial charge in [-0.3, -0.25) is 9.59 Å². The number of nitrogens with one attached hydrogen (secondary N) is 2. The molecule has 0 heterocycles. The first-order valence-corrected chi connectivity index (χ1v) is 12.1. The van der Waals surface area contributed by atoms with E-state index >= 15 is 0 Å². The zero-order valence-electron chi connectivity index (χ0n) is 21.2. The van der Waals surface area contributed by atoms with E-state index in [1.807, 2.05) is 39.0 Å². The van der Waals surface area contributed by atoms with Crippen LogP contribution in [0.3, 0.4) is 0 Å². The van der Waals surface area contributed by atoms with E-state index in [0.717, 1.165) is 16.7 Å². The molecule has 37 heavy (non-hydrogen) atoms. The Balaban J connectivity index is 1.48. The van der Waals surface area contributed by atoms with Crippen LogP contribution >= 0.6 is 0 Å². The van der Waals surface area contributed by atoms with Gasteiger partial charge in [-0.2, -0.15) is 5.10 Å². The maximum Gasteiger partial charge on any atom is 0.262 e. The maximum atomic E-state index is 13.0. The summed E-state index contributed by atoms with van der Waals surface area (Å²) >= 11 is 0. The second kappa shape index (κ2) is 13.8. The van der Waals surface area contributed by atoms with E-state index < -0.39 is 11.9 Å². The molecule has 0 aliphatic carbocycles. The summed E-state index contributed by atoms with van der Waals surface area (Å²) in [6, 6.07) is 20.0. The molecule has 8 heteroatoms. The van der Waals surface area contributed by atoms with E-state index in [1.54, 1.807) is 42.5 Å². The number of carbonyl (C=O) groups is 2. The number of halogens is 1. The van der Waals surface area contributed by atoms with Crippen LogP contribution in [0.25, 0.3) is 0 Å². The van der Waals surface area contributed by atoms with Crippen molar-refractivity contribution in [3.63, 3.8) is 0 Å². The van der Waals surface area contributed by atoms with Gasteiger partial charge in [0.05, 0.1) is 6.21 Å². The van der Waals surface area contributed by atoms with Crippen molar-refractivity contribution in [2.75, 3.05) is 6.61 Å². The molecule has 0 radical (unpaired) electrons. The first kappa shape index (κ1) is 27.4. The van der Waals surface area contributed by atoms with E-state index in [-0.39, 0.29) is 24.2 Å². The predicted octanol–water partition coefficient (Wildman–Crippen LogP) is 4.77. The number of hydrazone groups is 1. The van der Waals surface area contributed by atoms with Crippen LogP contribution in [-0.2, 0) is 16.2 Å². The Morgan fingerprint density at radius 3 is 2.35 bits per heavy atom. The molecule has 0 aliphatic rings. The molecule has 1 atom stereocenters. The summed E-state index contributed by atoms with van der Waals surface area (Å²) in [7, 11) is 0. The number of carbonyl (C=O) groups excluding carboxylic acids is 2. The summed E-state index contributed by atoms with van der Waals surface area (Å²) in [5, 5.41) is 6.77. The Labute approximate surface area is 216 Å². The first-order chi connectivity index (χ1) is 17.8. The molecule has 194 valence electrons. The molecule has 0 fully saturated rings. The van der Waals surface area contributed by atoms with Gasteiger partial charge in [0.2, 0.25) is 0 Å². The topological polar surface area (TPSA) is 89.0 Å². The van der Waals surface area contributed by atoms with Gasteiger partial charge >= 0.3 is 0 Å². The van der Waals surface area contributed by atoms with Crippen molar-refractivity contribution in [3.05, 3.63) is 95.3 Å². The Morgan fingerprint density at radius 1 is 0.973 bits per heavy atom. The molecule has 3 aromatic rings. The van der Waals surface area contributed by atoms with Crippen LogP contribution in [0.5, 0.6) is 11.5 Å². The van der Waals surface area contributed by atoms with Crippen molar-refractivity contribution in [1.29, 1.82) is 0 Å². The highest BCUT2D eigenvalue weighted by molar-refractivity contribution is 5.89. The third-order valence-electron chi connectivity index (χ3n) is 5.40. The summed E-state index contributed by atoms with van der Waals surface area (Å²) in [6.07, 6.45) is 1.97. The van der Waals surface area contributed by atoms with Crippen LogP contribution in [0, 0.1) is 18.7 Å². The first-order valence-electron chi connectivity index (χ1n) is 12.1. The zero-order valence-corrected chi connectivity index (χ0v) is 21.2. The fourth-order valence-corrected chi connectivity index (χ4v) is 3.45. The number of nitrogens with zero attached hydrogens (tertiary/aromatic N) is 1. The average molecular weight is 506 g/mol. The molecule has 0 spiro atoms. The molecule has 3 aromatic carbocycles. The van der Waals surface area contributed by atoms with E-state index in [1.165, 1.54) is 18.3 Å². The third-order valence-corrected chi connectivity index (χ3v) is 5.40. The number of amides is 2. The SMILES string of the molecule is Cc1ccccc1OCC(=O)N[C@@H](CC(C)C)C(=O)N/N=C\c1ccc(OCc2ccc(F)cc2)cc1. The summed E-state index contributed by atoms with van der Waals surface area (Å²) in [5.74, 6) is 0.374. The summed E-state index contributed by atoms with van der Waals surface area (Å²) in [5.41, 5.74) is 5.04. The minimum Gasteiger partial charge on any atom is -0.489 e. The minimum atomic E-state index is -0.743. The molecule has 0 saturated heterocycles. The normalized spacial score (nSPS) is 11.8. The van der Waals surface area contributed by atoms with Crippen LogP contribution in [-0.4, -0.2) is 30.7 Å². The van der Waals surface area contributed by atoms with E-state index in [0.29, 0.717) is 24.5 Å². The molecule has 0 aromatic heterocycles. The molecule has 0 bridgehead atoms. The van der Waals surface area contributed by atoms with E-state index in [4.69, 9.17) is 9.47 Å². The highest BCUT2D eigenvalue weighted by atomic mass is 19.1. The Bertz CT molecular complexity index is 1190. The van der Waals surface area contributed by atoms with Gasteiger partial charge in [-0.05, 0) is 78.4 Å². The monoisotopic (exact) mass is 505 g/mol. The fraction of sp³-hybridized carbons (Fsp3) is 0.276. The van der Waals surface area contributed by atoms with Gasteiger partial charge in [0.25, 0.3) is 11.8 Å². The van der Waals surface area contributed by atoms with Gasteiger partial charge < -0.3 is 14.8 Å². The highest BCUT2D eigenvalue weighted by Crippen LogP contribution is 2.16. The van der Waals surface area contributed by atoms with Crippen molar-refractivity contribution in [3.8, 4) is 11.5 Å². The van der Waals surface area contributed by atoms with Gasteiger partial charge in [0, 0.05) is 0 Å². The molecule has 0 unspecified atom stereocenters. The van der Waals surface area contributed by atoms with Crippen LogP contribution in [0.1, 0.15) is 37.0 Å². The van der Waals surface area contributed by atoms with E-state index in [2.05, 4.69) is 15.8 Å². The van der Waals surface area contributed by atoms with Crippen molar-refractivity contribution < 1.29 is 23.5 Å². The van der Waals surface area contributed by atoms with Gasteiger partial charge in [-0.1, -0.05) is 44.2 Å². The predicted molar refractivity (Wildman–Crippen MR) is 141 cm³/mol. The molecule has 0 saturated carbocycles. The maximum absolute atomic E-state index is 13.0. The number of para-hydroxylation sites is 1. The Hall–Kier alpha value is -4.20. The van der Waals surface area contributed by atoms with Gasteiger partial charge in [-0.25, -0.2) is 9.82 Å². The quantitative estimate of drug-likeness (QED) is 0.274. The number of hydrogen-bond acceptors (Lipinski definition) is 5. The van der Waals surface area contributed by atoms with Crippen LogP contribution < -0.4 is 20.2 Å². The zero-order chi connectivity index (χ0) is 26.6. The molecule has 2 N–H and O–H groups in total. The van der Waals surface area contributed by atoms with Crippen molar-refractivity contribution in [1.82, 2.24) is 10.7 Å². The smallest absolute Gasteiger partial charge is 0.262 e. The van der Waals surface area contributed by atoms with Crippen LogP contribution in [0.4, 0.5) is 4.39 Å². The summed E-state index contributed by atoms with van der Waals surface area (Å²) < 4.78 is 24.3. The molecular weight excluding hydrogens is 473 g/mol. The number of benzene rings is 3. The lowest BCUT2D eigenvalue weighted by Crippen LogP contribution is -2.47. The lowest BCUT2D eigenvalue weighted by Gasteiger charge is -2.19. The lowest BCUT2D eigenvalue weighted by atomic mass is 10.0. The van der Waals surface area contributed by atoms with Crippen molar-refractivity contribution in [2.45, 2.75) is 39.8 Å². The number of hydrogen-bond donors (Lipinski definition) is 2. The van der Waals surface area contributed by atoms with Crippen molar-refractivity contribution >= 4 is 18.0 Å². The number of rotatable bonds is 12. The van der Waals surface area contributed by atoms with E-state index in [9.17, 15) is 14.0 Å². The Morgan fingerprint density at radius 2 is 1.68 bits per heavy atom. The second-order valence-electron chi connectivity index (χ2n) is 9.02. The van der Waals surface area contributed by atoms with Crippen LogP contribution in [0.15, 0.2) is 77.9 Å². The van der Waals surface area contributed by atoms with Crippen LogP contribution in [0.2, 0.25) is 0 Å². The minimum absolute atomic E-state index is 0.180. The molecule has 2 amide bonds. The van der Waals surface area contributed by atoms with Gasteiger partial charge in [0.1, 0.15) is 30.0 Å². The summed E-state index contributed by atoms with van der Waals surface area (Å²) in [6.45, 7) is 5.97.